The molecule has 0 saturated carbocycles. The summed E-state index contributed by atoms with van der Waals surface area (Å²) >= 11 is 0. The topological polar surface area (TPSA) is 78.9 Å². The van der Waals surface area contributed by atoms with Crippen molar-refractivity contribution in [2.75, 3.05) is 13.2 Å². The lowest BCUT2D eigenvalue weighted by atomic mass is 10.1. The third-order valence-electron chi connectivity index (χ3n) is 14.5. The van der Waals surface area contributed by atoms with Crippen LogP contribution < -0.4 is 0 Å². The van der Waals surface area contributed by atoms with E-state index in [0.29, 0.717) is 19.3 Å². The lowest BCUT2D eigenvalue weighted by molar-refractivity contribution is -0.167. The smallest absolute Gasteiger partial charge is 0.306 e. The molecule has 0 N–H and O–H groups in total. The van der Waals surface area contributed by atoms with Crippen LogP contribution in [0.1, 0.15) is 323 Å². The molecule has 0 amide bonds. The van der Waals surface area contributed by atoms with Gasteiger partial charge in [-0.25, -0.2) is 0 Å². The number of unbranched alkanes of at least 4 members (excludes halogenated alkanes) is 32. The van der Waals surface area contributed by atoms with Crippen LogP contribution in [-0.2, 0) is 28.6 Å². The largest absolute Gasteiger partial charge is 0.462 e. The molecule has 6 nitrogen and oxygen atoms in total. The van der Waals surface area contributed by atoms with Gasteiger partial charge in [-0.1, -0.05) is 284 Å². The van der Waals surface area contributed by atoms with E-state index in [-0.39, 0.29) is 31.1 Å². The summed E-state index contributed by atoms with van der Waals surface area (Å²) in [6.07, 6.45) is 92.3. The Bertz CT molecular complexity index is 1610. The highest BCUT2D eigenvalue weighted by atomic mass is 16.6. The van der Waals surface area contributed by atoms with E-state index in [2.05, 4.69) is 130 Å². The zero-order chi connectivity index (χ0) is 57.8. The molecule has 0 aromatic carbocycles. The van der Waals surface area contributed by atoms with E-state index in [1.54, 1.807) is 0 Å². The first-order chi connectivity index (χ1) is 39.5. The third kappa shape index (κ3) is 64.9. The average Bonchev–Trinajstić information content (AvgIpc) is 3.46. The van der Waals surface area contributed by atoms with Crippen LogP contribution in [0.15, 0.2) is 109 Å². The molecule has 6 heteroatoms. The number of rotatable bonds is 61. The zero-order valence-corrected chi connectivity index (χ0v) is 52.6. The van der Waals surface area contributed by atoms with Crippen LogP contribution in [0.4, 0.5) is 0 Å². The molecule has 0 aliphatic heterocycles. The van der Waals surface area contributed by atoms with E-state index in [4.69, 9.17) is 14.2 Å². The molecule has 0 saturated heterocycles. The average molecular weight is 1110 g/mol. The second kappa shape index (κ2) is 67.6. The minimum Gasteiger partial charge on any atom is -0.462 e. The maximum absolute atomic E-state index is 12.9. The van der Waals surface area contributed by atoms with Crippen molar-refractivity contribution in [1.82, 2.24) is 0 Å². The number of allylic oxidation sites excluding steroid dienone is 18. The maximum Gasteiger partial charge on any atom is 0.306 e. The SMILES string of the molecule is CC/C=C\C/C=C\C/C=C\C/C=C\C/C=C\CCCCCCCCCCCC(=O)OCC(COC(=O)CCCCCCC/C=C\CCCCCCCCC)OC(=O)CCCCCCCC/C=C\C/C=C\C/C=C\CCCCCCC. The number of carbonyl (C=O) groups excluding carboxylic acids is 3. The quantitative estimate of drug-likeness (QED) is 0.0261. The van der Waals surface area contributed by atoms with Crippen molar-refractivity contribution in [2.24, 2.45) is 0 Å². The fraction of sp³-hybridized carbons (Fsp3) is 0.716. The molecular formula is C74H126O6. The van der Waals surface area contributed by atoms with E-state index in [1.165, 1.54) is 154 Å². The summed E-state index contributed by atoms with van der Waals surface area (Å²) in [6, 6.07) is 0. The van der Waals surface area contributed by atoms with Gasteiger partial charge in [0.2, 0.25) is 0 Å². The number of ether oxygens (including phenoxy) is 3. The van der Waals surface area contributed by atoms with Gasteiger partial charge in [0.1, 0.15) is 13.2 Å². The van der Waals surface area contributed by atoms with Gasteiger partial charge in [-0.2, -0.15) is 0 Å². The summed E-state index contributed by atoms with van der Waals surface area (Å²) < 4.78 is 17.0. The Morgan fingerprint density at radius 2 is 0.487 bits per heavy atom. The molecule has 0 spiro atoms. The van der Waals surface area contributed by atoms with Crippen molar-refractivity contribution in [3.63, 3.8) is 0 Å². The minimum absolute atomic E-state index is 0.0895. The predicted octanol–water partition coefficient (Wildman–Crippen LogP) is 23.4. The highest BCUT2D eigenvalue weighted by Crippen LogP contribution is 2.16. The van der Waals surface area contributed by atoms with Gasteiger partial charge >= 0.3 is 17.9 Å². The van der Waals surface area contributed by atoms with Crippen LogP contribution in [0.3, 0.4) is 0 Å². The van der Waals surface area contributed by atoms with Crippen molar-refractivity contribution in [1.29, 1.82) is 0 Å². The molecule has 0 radical (unpaired) electrons. The first kappa shape index (κ1) is 76.1. The van der Waals surface area contributed by atoms with Gasteiger partial charge in [-0.15, -0.1) is 0 Å². The lowest BCUT2D eigenvalue weighted by Gasteiger charge is -2.18. The Morgan fingerprint density at radius 1 is 0.263 bits per heavy atom. The van der Waals surface area contributed by atoms with Crippen LogP contribution in [-0.4, -0.2) is 37.2 Å². The molecule has 0 aromatic rings. The van der Waals surface area contributed by atoms with Crippen molar-refractivity contribution in [2.45, 2.75) is 329 Å². The fourth-order valence-electron chi connectivity index (χ4n) is 9.41. The molecule has 1 unspecified atom stereocenters. The normalized spacial score (nSPS) is 12.8. The van der Waals surface area contributed by atoms with Gasteiger partial charge in [0.15, 0.2) is 6.10 Å². The van der Waals surface area contributed by atoms with E-state index in [1.807, 2.05) is 0 Å². The summed E-state index contributed by atoms with van der Waals surface area (Å²) in [5.74, 6) is -0.905. The van der Waals surface area contributed by atoms with Crippen molar-refractivity contribution in [3.05, 3.63) is 109 Å². The molecule has 0 aliphatic carbocycles. The van der Waals surface area contributed by atoms with Crippen LogP contribution in [0.5, 0.6) is 0 Å². The van der Waals surface area contributed by atoms with Crippen LogP contribution in [0.2, 0.25) is 0 Å². The predicted molar refractivity (Wildman–Crippen MR) is 348 cm³/mol. The summed E-state index contributed by atoms with van der Waals surface area (Å²) in [5, 5.41) is 0. The number of esters is 3. The second-order valence-corrected chi connectivity index (χ2v) is 22.3. The molecule has 80 heavy (non-hydrogen) atoms. The Labute approximate surface area is 495 Å². The van der Waals surface area contributed by atoms with E-state index >= 15 is 0 Å². The third-order valence-corrected chi connectivity index (χ3v) is 14.5. The Balaban J connectivity index is 4.41. The maximum atomic E-state index is 12.9. The molecule has 0 rings (SSSR count). The van der Waals surface area contributed by atoms with Gasteiger partial charge in [0.05, 0.1) is 0 Å². The zero-order valence-electron chi connectivity index (χ0n) is 52.6. The number of carbonyl (C=O) groups is 3. The minimum atomic E-state index is -0.795. The van der Waals surface area contributed by atoms with Crippen LogP contribution in [0, 0.1) is 0 Å². The number of hydrogen-bond acceptors (Lipinski definition) is 6. The first-order valence-electron chi connectivity index (χ1n) is 33.9. The summed E-state index contributed by atoms with van der Waals surface area (Å²) in [7, 11) is 0. The Hall–Kier alpha value is -3.93. The van der Waals surface area contributed by atoms with Crippen LogP contribution in [0.25, 0.3) is 0 Å². The Morgan fingerprint density at radius 3 is 0.775 bits per heavy atom. The second-order valence-electron chi connectivity index (χ2n) is 22.3. The lowest BCUT2D eigenvalue weighted by Crippen LogP contribution is -2.30. The monoisotopic (exact) mass is 1110 g/mol. The Kier molecular flexibility index (Phi) is 64.3. The van der Waals surface area contributed by atoms with Gasteiger partial charge in [-0.05, 0) is 128 Å². The molecule has 1 atom stereocenters. The summed E-state index contributed by atoms with van der Waals surface area (Å²) in [6.45, 7) is 6.52. The molecule has 0 aliphatic rings. The van der Waals surface area contributed by atoms with Crippen LogP contribution >= 0.6 is 0 Å². The molecular weight excluding hydrogens is 985 g/mol. The van der Waals surface area contributed by atoms with Gasteiger partial charge in [0, 0.05) is 19.3 Å². The highest BCUT2D eigenvalue weighted by Gasteiger charge is 2.19. The van der Waals surface area contributed by atoms with E-state index in [9.17, 15) is 14.4 Å². The van der Waals surface area contributed by atoms with Gasteiger partial charge < -0.3 is 14.2 Å². The molecule has 0 bridgehead atoms. The van der Waals surface area contributed by atoms with E-state index in [0.717, 1.165) is 128 Å². The summed E-state index contributed by atoms with van der Waals surface area (Å²) in [4.78, 5) is 38.4. The van der Waals surface area contributed by atoms with E-state index < -0.39 is 6.10 Å². The van der Waals surface area contributed by atoms with Crippen molar-refractivity contribution in [3.8, 4) is 0 Å². The van der Waals surface area contributed by atoms with Crippen molar-refractivity contribution < 1.29 is 28.6 Å². The molecule has 458 valence electrons. The van der Waals surface area contributed by atoms with Gasteiger partial charge in [0.25, 0.3) is 0 Å². The standard InChI is InChI=1S/C74H126O6/c1-4-7-10-13-16-19-22-25-28-31-33-35-36-37-38-40-41-43-46-49-52-55-58-61-64-67-73(76)79-70-71(69-78-72(75)66-63-60-57-54-51-48-45-30-27-24-21-18-15-12-9-6-3)80-74(77)68-65-62-59-56-53-50-47-44-42-39-34-32-29-26-23-20-17-14-11-8-5-2/h7,10,16,19,23,25-26,28,30,32-35,37-38,42,44-45,71H,4-6,8-9,11-15,17-18,20-22,24,27,29,31,36,39-41,43,46-70H2,1-3H3/b10-7-,19-16-,26-23-,28-25-,34-32-,35-33-,38-37-,44-42-,45-30-. The fourth-order valence-corrected chi connectivity index (χ4v) is 9.41. The van der Waals surface area contributed by atoms with Crippen molar-refractivity contribution >= 4 is 17.9 Å². The molecule has 0 aromatic heterocycles. The molecule has 0 fully saturated rings. The highest BCUT2D eigenvalue weighted by molar-refractivity contribution is 5.71. The summed E-state index contributed by atoms with van der Waals surface area (Å²) in [5.41, 5.74) is 0. The molecule has 0 heterocycles. The van der Waals surface area contributed by atoms with Gasteiger partial charge in [-0.3, -0.25) is 14.4 Å². The number of hydrogen-bond donors (Lipinski definition) is 0. The first-order valence-corrected chi connectivity index (χ1v) is 33.9.